The maximum Gasteiger partial charge on any atom is 0.254 e. The first kappa shape index (κ1) is 9.73. The molecule has 0 fully saturated rings. The zero-order valence-corrected chi connectivity index (χ0v) is 7.66. The van der Waals surface area contributed by atoms with E-state index in [2.05, 4.69) is 15.5 Å². The van der Waals surface area contributed by atoms with E-state index in [1.165, 1.54) is 6.20 Å². The van der Waals surface area contributed by atoms with Crippen molar-refractivity contribution >= 4 is 5.91 Å². The normalized spacial score (nSPS) is 12.5. The van der Waals surface area contributed by atoms with Gasteiger partial charge in [0, 0.05) is 12.2 Å². The number of carbonyl (C=O) groups excluding carboxylic acids is 1. The number of nitrogens with one attached hydrogen (secondary N) is 2. The molecular formula is C8H13N3O2. The van der Waals surface area contributed by atoms with Crippen LogP contribution in [0.3, 0.4) is 0 Å². The first-order valence-corrected chi connectivity index (χ1v) is 4.07. The van der Waals surface area contributed by atoms with Gasteiger partial charge in [0.2, 0.25) is 0 Å². The van der Waals surface area contributed by atoms with E-state index in [1.54, 1.807) is 13.8 Å². The summed E-state index contributed by atoms with van der Waals surface area (Å²) in [6, 6.07) is 0. The summed E-state index contributed by atoms with van der Waals surface area (Å²) in [6.07, 6.45) is 0.934. The second-order valence-electron chi connectivity index (χ2n) is 2.97. The second kappa shape index (κ2) is 4.04. The molecule has 0 radical (unpaired) electrons. The second-order valence-corrected chi connectivity index (χ2v) is 2.97. The molecule has 0 aromatic carbocycles. The zero-order valence-electron chi connectivity index (χ0n) is 7.66. The Bertz CT molecular complexity index is 293. The number of amides is 1. The fraction of sp³-hybridized carbons (Fsp3) is 0.500. The first-order valence-electron chi connectivity index (χ1n) is 4.07. The Hall–Kier alpha value is -1.36. The van der Waals surface area contributed by atoms with E-state index in [1.807, 2.05) is 0 Å². The van der Waals surface area contributed by atoms with Crippen molar-refractivity contribution in [3.63, 3.8) is 0 Å². The van der Waals surface area contributed by atoms with Crippen molar-refractivity contribution < 1.29 is 9.90 Å². The predicted molar refractivity (Wildman–Crippen MR) is 47.3 cm³/mol. The molecule has 13 heavy (non-hydrogen) atoms. The lowest BCUT2D eigenvalue weighted by atomic mass is 10.2. The Balaban J connectivity index is 2.54. The van der Waals surface area contributed by atoms with Crippen molar-refractivity contribution in [1.82, 2.24) is 15.5 Å². The van der Waals surface area contributed by atoms with Crippen LogP contribution in [0.4, 0.5) is 0 Å². The molecule has 1 atom stereocenters. The lowest BCUT2D eigenvalue weighted by Gasteiger charge is -2.05. The van der Waals surface area contributed by atoms with Crippen LogP contribution in [0.2, 0.25) is 0 Å². The number of carbonyl (C=O) groups is 1. The van der Waals surface area contributed by atoms with E-state index in [4.69, 9.17) is 5.11 Å². The van der Waals surface area contributed by atoms with Gasteiger partial charge in [-0.05, 0) is 13.8 Å². The van der Waals surface area contributed by atoms with E-state index < -0.39 is 6.10 Å². The molecule has 1 unspecified atom stereocenters. The van der Waals surface area contributed by atoms with Gasteiger partial charge in [0.1, 0.15) is 0 Å². The highest BCUT2D eigenvalue weighted by Gasteiger charge is 2.10. The highest BCUT2D eigenvalue weighted by molar-refractivity contribution is 5.94. The van der Waals surface area contributed by atoms with Gasteiger partial charge >= 0.3 is 0 Å². The SMILES string of the molecule is Cc1[nH]ncc1C(=O)NCC(C)O. The number of aryl methyl sites for hydroxylation is 1. The predicted octanol–water partition coefficient (Wildman–Crippen LogP) is -0.171. The van der Waals surface area contributed by atoms with Crippen LogP contribution in [0, 0.1) is 6.92 Å². The fourth-order valence-corrected chi connectivity index (χ4v) is 0.915. The average molecular weight is 183 g/mol. The topological polar surface area (TPSA) is 78.0 Å². The minimum atomic E-state index is -0.531. The highest BCUT2D eigenvalue weighted by atomic mass is 16.3. The van der Waals surface area contributed by atoms with E-state index in [0.717, 1.165) is 5.69 Å². The van der Waals surface area contributed by atoms with Crippen molar-refractivity contribution in [1.29, 1.82) is 0 Å². The molecule has 1 amide bonds. The summed E-state index contributed by atoms with van der Waals surface area (Å²) in [5.74, 6) is -0.216. The molecule has 0 spiro atoms. The van der Waals surface area contributed by atoms with Crippen LogP contribution in [0.25, 0.3) is 0 Å². The number of hydrogen-bond acceptors (Lipinski definition) is 3. The molecule has 1 heterocycles. The summed E-state index contributed by atoms with van der Waals surface area (Å²) < 4.78 is 0. The van der Waals surface area contributed by atoms with Gasteiger partial charge in [0.15, 0.2) is 0 Å². The van der Waals surface area contributed by atoms with Gasteiger partial charge in [-0.15, -0.1) is 0 Å². The maximum atomic E-state index is 11.3. The van der Waals surface area contributed by atoms with Crippen LogP contribution in [0.5, 0.6) is 0 Å². The quantitative estimate of drug-likeness (QED) is 0.608. The van der Waals surface area contributed by atoms with Gasteiger partial charge in [-0.1, -0.05) is 0 Å². The van der Waals surface area contributed by atoms with Gasteiger partial charge < -0.3 is 10.4 Å². The molecule has 0 aliphatic rings. The summed E-state index contributed by atoms with van der Waals surface area (Å²) in [7, 11) is 0. The van der Waals surface area contributed by atoms with Crippen LogP contribution in [-0.2, 0) is 0 Å². The monoisotopic (exact) mass is 183 g/mol. The van der Waals surface area contributed by atoms with E-state index in [0.29, 0.717) is 5.56 Å². The van der Waals surface area contributed by atoms with Crippen LogP contribution < -0.4 is 5.32 Å². The van der Waals surface area contributed by atoms with Crippen LogP contribution >= 0.6 is 0 Å². The van der Waals surface area contributed by atoms with E-state index in [9.17, 15) is 4.79 Å². The van der Waals surface area contributed by atoms with E-state index in [-0.39, 0.29) is 12.5 Å². The number of aliphatic hydroxyl groups excluding tert-OH is 1. The Morgan fingerprint density at radius 1 is 1.85 bits per heavy atom. The van der Waals surface area contributed by atoms with Crippen molar-refractivity contribution in [2.75, 3.05) is 6.54 Å². The number of rotatable bonds is 3. The smallest absolute Gasteiger partial charge is 0.254 e. The van der Waals surface area contributed by atoms with Crippen LogP contribution in [0.15, 0.2) is 6.20 Å². The number of aromatic nitrogens is 2. The van der Waals surface area contributed by atoms with Crippen LogP contribution in [0.1, 0.15) is 23.0 Å². The molecule has 0 saturated carbocycles. The minimum absolute atomic E-state index is 0.216. The number of H-pyrrole nitrogens is 1. The van der Waals surface area contributed by atoms with Crippen molar-refractivity contribution in [2.24, 2.45) is 0 Å². The Morgan fingerprint density at radius 2 is 2.54 bits per heavy atom. The number of hydrogen-bond donors (Lipinski definition) is 3. The standard InChI is InChI=1S/C8H13N3O2/c1-5(12)3-9-8(13)7-4-10-11-6(7)2/h4-5,12H,3H2,1-2H3,(H,9,13)(H,10,11). The van der Waals surface area contributed by atoms with E-state index >= 15 is 0 Å². The number of aliphatic hydroxyl groups is 1. The third-order valence-electron chi connectivity index (χ3n) is 1.63. The Kier molecular flexibility index (Phi) is 3.02. The molecule has 5 heteroatoms. The molecule has 1 rings (SSSR count). The van der Waals surface area contributed by atoms with Crippen molar-refractivity contribution in [3.05, 3.63) is 17.5 Å². The lowest BCUT2D eigenvalue weighted by molar-refractivity contribution is 0.0923. The van der Waals surface area contributed by atoms with Crippen molar-refractivity contribution in [2.45, 2.75) is 20.0 Å². The average Bonchev–Trinajstić information content (AvgIpc) is 2.47. The minimum Gasteiger partial charge on any atom is -0.392 e. The third-order valence-corrected chi connectivity index (χ3v) is 1.63. The van der Waals surface area contributed by atoms with Gasteiger partial charge in [-0.2, -0.15) is 5.10 Å². The molecule has 1 aromatic heterocycles. The molecule has 0 aliphatic carbocycles. The van der Waals surface area contributed by atoms with Gasteiger partial charge in [-0.3, -0.25) is 9.89 Å². The largest absolute Gasteiger partial charge is 0.392 e. The molecule has 3 N–H and O–H groups in total. The molecule has 72 valence electrons. The van der Waals surface area contributed by atoms with Crippen molar-refractivity contribution in [3.8, 4) is 0 Å². The molecule has 1 aromatic rings. The molecule has 0 aliphatic heterocycles. The molecule has 0 bridgehead atoms. The van der Waals surface area contributed by atoms with Gasteiger partial charge in [0.25, 0.3) is 5.91 Å². The molecule has 5 nitrogen and oxygen atoms in total. The summed E-state index contributed by atoms with van der Waals surface area (Å²) in [5, 5.41) is 17.9. The Labute approximate surface area is 76.2 Å². The lowest BCUT2D eigenvalue weighted by Crippen LogP contribution is -2.30. The fourth-order valence-electron chi connectivity index (χ4n) is 0.915. The molecule has 0 saturated heterocycles. The summed E-state index contributed by atoms with van der Waals surface area (Å²) in [4.78, 5) is 11.3. The highest BCUT2D eigenvalue weighted by Crippen LogP contribution is 2.01. The third kappa shape index (κ3) is 2.55. The van der Waals surface area contributed by atoms with Gasteiger partial charge in [0.05, 0.1) is 17.9 Å². The first-order chi connectivity index (χ1) is 6.11. The number of nitrogens with zero attached hydrogens (tertiary/aromatic N) is 1. The summed E-state index contributed by atoms with van der Waals surface area (Å²) in [5.41, 5.74) is 1.24. The molecular weight excluding hydrogens is 170 g/mol. The summed E-state index contributed by atoms with van der Waals surface area (Å²) >= 11 is 0. The Morgan fingerprint density at radius 3 is 3.00 bits per heavy atom. The summed E-state index contributed by atoms with van der Waals surface area (Å²) in [6.45, 7) is 3.64. The van der Waals surface area contributed by atoms with Gasteiger partial charge in [-0.25, -0.2) is 0 Å². The zero-order chi connectivity index (χ0) is 9.84. The number of aromatic amines is 1. The maximum absolute atomic E-state index is 11.3. The van der Waals surface area contributed by atoms with Crippen LogP contribution in [-0.4, -0.2) is 33.9 Å².